The van der Waals surface area contributed by atoms with Gasteiger partial charge in [-0.1, -0.05) is 117 Å². The van der Waals surface area contributed by atoms with Crippen LogP contribution in [0.15, 0.2) is 164 Å². The maximum atomic E-state index is 9.84. The van der Waals surface area contributed by atoms with E-state index >= 15 is 0 Å². The van der Waals surface area contributed by atoms with Crippen LogP contribution in [-0.4, -0.2) is 9.55 Å². The van der Waals surface area contributed by atoms with Crippen LogP contribution in [0.2, 0.25) is 0 Å². The van der Waals surface area contributed by atoms with Crippen LogP contribution in [0, 0.1) is 11.3 Å². The molecule has 2 aromatic heterocycles. The van der Waals surface area contributed by atoms with Crippen molar-refractivity contribution in [3.63, 3.8) is 0 Å². The molecule has 52 heavy (non-hydrogen) atoms. The Morgan fingerprint density at radius 2 is 1.23 bits per heavy atom. The highest BCUT2D eigenvalue weighted by atomic mass is 15.0. The van der Waals surface area contributed by atoms with Crippen LogP contribution in [0.3, 0.4) is 0 Å². The zero-order valence-corrected chi connectivity index (χ0v) is 28.9. The lowest BCUT2D eigenvalue weighted by Crippen LogP contribution is -2.15. The third-order valence-electron chi connectivity index (χ3n) is 11.0. The van der Waals surface area contributed by atoms with E-state index in [1.165, 1.54) is 38.5 Å². The summed E-state index contributed by atoms with van der Waals surface area (Å²) in [6.07, 6.45) is 0. The fraction of sp³-hybridized carbons (Fsp3) is 0.0612. The van der Waals surface area contributed by atoms with Gasteiger partial charge in [0.15, 0.2) is 0 Å². The van der Waals surface area contributed by atoms with Crippen molar-refractivity contribution in [1.29, 1.82) is 5.26 Å². The van der Waals surface area contributed by atoms with Crippen molar-refractivity contribution in [3.8, 4) is 56.4 Å². The molecule has 0 saturated heterocycles. The van der Waals surface area contributed by atoms with E-state index in [1.54, 1.807) is 0 Å². The Hall–Kier alpha value is -6.76. The van der Waals surface area contributed by atoms with Crippen molar-refractivity contribution in [2.45, 2.75) is 19.3 Å². The number of aromatic nitrogens is 2. The molecule has 0 amide bonds. The molecule has 0 spiro atoms. The number of benzene rings is 7. The largest absolute Gasteiger partial charge is 0.309 e. The van der Waals surface area contributed by atoms with E-state index in [2.05, 4.69) is 170 Å². The molecule has 3 heteroatoms. The molecule has 3 nitrogen and oxygen atoms in total. The molecule has 1 aliphatic rings. The summed E-state index contributed by atoms with van der Waals surface area (Å²) in [7, 11) is 0. The van der Waals surface area contributed by atoms with Crippen LogP contribution in [0.4, 0.5) is 0 Å². The zero-order chi connectivity index (χ0) is 35.0. The highest BCUT2D eigenvalue weighted by Gasteiger charge is 2.36. The van der Waals surface area contributed by atoms with Crippen molar-refractivity contribution in [3.05, 3.63) is 180 Å². The summed E-state index contributed by atoms with van der Waals surface area (Å²) in [4.78, 5) is 5.27. The van der Waals surface area contributed by atoms with Gasteiger partial charge in [0.1, 0.15) is 0 Å². The minimum absolute atomic E-state index is 0.130. The van der Waals surface area contributed by atoms with Gasteiger partial charge in [0, 0.05) is 32.8 Å². The fourth-order valence-electron chi connectivity index (χ4n) is 8.44. The lowest BCUT2D eigenvalue weighted by Gasteiger charge is -2.22. The van der Waals surface area contributed by atoms with E-state index < -0.39 is 0 Å². The van der Waals surface area contributed by atoms with Gasteiger partial charge in [-0.05, 0) is 105 Å². The number of pyridine rings is 1. The number of rotatable bonds is 4. The van der Waals surface area contributed by atoms with E-state index in [-0.39, 0.29) is 5.41 Å². The minimum atomic E-state index is -0.130. The van der Waals surface area contributed by atoms with Crippen LogP contribution in [0.5, 0.6) is 0 Å². The second-order valence-corrected chi connectivity index (χ2v) is 14.3. The van der Waals surface area contributed by atoms with E-state index in [0.29, 0.717) is 5.56 Å². The molecule has 0 N–H and O–H groups in total. The Kier molecular flexibility index (Phi) is 6.59. The van der Waals surface area contributed by atoms with E-state index in [1.807, 2.05) is 18.2 Å². The third kappa shape index (κ3) is 4.55. The fourth-order valence-corrected chi connectivity index (χ4v) is 8.44. The number of nitriles is 1. The molecule has 0 unspecified atom stereocenters. The zero-order valence-electron chi connectivity index (χ0n) is 28.9. The van der Waals surface area contributed by atoms with E-state index in [4.69, 9.17) is 4.98 Å². The Balaban J connectivity index is 1.28. The second-order valence-electron chi connectivity index (χ2n) is 14.3. The number of hydrogen-bond donors (Lipinski definition) is 0. The molecule has 2 heterocycles. The molecule has 10 rings (SSSR count). The van der Waals surface area contributed by atoms with Gasteiger partial charge < -0.3 is 4.57 Å². The molecule has 7 aromatic carbocycles. The van der Waals surface area contributed by atoms with Crippen LogP contribution in [0.1, 0.15) is 30.5 Å². The first-order valence-electron chi connectivity index (χ1n) is 17.8. The normalized spacial score (nSPS) is 12.9. The number of fused-ring (bicyclic) bond motifs is 7. The van der Waals surface area contributed by atoms with Crippen LogP contribution in [-0.2, 0) is 5.41 Å². The van der Waals surface area contributed by atoms with Crippen molar-refractivity contribution in [1.82, 2.24) is 9.55 Å². The van der Waals surface area contributed by atoms with Gasteiger partial charge in [-0.2, -0.15) is 5.26 Å². The molecule has 0 bridgehead atoms. The van der Waals surface area contributed by atoms with Gasteiger partial charge in [-0.3, -0.25) is 0 Å². The predicted molar refractivity (Wildman–Crippen MR) is 215 cm³/mol. The summed E-state index contributed by atoms with van der Waals surface area (Å²) in [6.45, 7) is 4.68. The standard InChI is InChI=1S/C49H33N3/c1-49(2)43-20-9-6-17-37(43)41-27-42-39-19-8-11-22-47(39)52(48(42)29-44(41)49)36-25-34(33-16-12-13-31(23-33)30-50)24-35(26-36)46-28-40(32-14-4-3-5-15-32)38-18-7-10-21-45(38)51-46/h3-29H,1-2H3. The average Bonchev–Trinajstić information content (AvgIpc) is 3.64. The van der Waals surface area contributed by atoms with Gasteiger partial charge in [0.05, 0.1) is 33.9 Å². The maximum Gasteiger partial charge on any atom is 0.0991 e. The van der Waals surface area contributed by atoms with E-state index in [9.17, 15) is 5.26 Å². The highest BCUT2D eigenvalue weighted by Crippen LogP contribution is 2.51. The minimum Gasteiger partial charge on any atom is -0.309 e. The van der Waals surface area contributed by atoms with Gasteiger partial charge in [0.25, 0.3) is 0 Å². The SMILES string of the molecule is CC1(C)c2ccccc2-c2cc3c4ccccc4n(-c4cc(-c5cccc(C#N)c5)cc(-c5cc(-c6ccccc6)c6ccccc6n5)c4)c3cc21. The van der Waals surface area contributed by atoms with Gasteiger partial charge >= 0.3 is 0 Å². The first kappa shape index (κ1) is 30.1. The summed E-state index contributed by atoms with van der Waals surface area (Å²) in [5.41, 5.74) is 16.4. The Labute approximate surface area is 302 Å². The second kappa shape index (κ2) is 11.4. The smallest absolute Gasteiger partial charge is 0.0991 e. The van der Waals surface area contributed by atoms with Crippen LogP contribution >= 0.6 is 0 Å². The molecule has 1 aliphatic carbocycles. The van der Waals surface area contributed by atoms with Crippen LogP contribution < -0.4 is 0 Å². The van der Waals surface area contributed by atoms with Crippen LogP contribution in [0.25, 0.3) is 83.0 Å². The summed E-state index contributed by atoms with van der Waals surface area (Å²) in [5, 5.41) is 13.4. The molecule has 9 aromatic rings. The lowest BCUT2D eigenvalue weighted by molar-refractivity contribution is 0.661. The summed E-state index contributed by atoms with van der Waals surface area (Å²) >= 11 is 0. The highest BCUT2D eigenvalue weighted by molar-refractivity contribution is 6.12. The van der Waals surface area contributed by atoms with Gasteiger partial charge in [-0.25, -0.2) is 4.98 Å². The monoisotopic (exact) mass is 663 g/mol. The van der Waals surface area contributed by atoms with Crippen molar-refractivity contribution in [2.24, 2.45) is 0 Å². The number of nitrogens with zero attached hydrogens (tertiary/aromatic N) is 3. The maximum absolute atomic E-state index is 9.84. The molecular weight excluding hydrogens is 631 g/mol. The summed E-state index contributed by atoms with van der Waals surface area (Å²) in [6, 6.07) is 60.6. The van der Waals surface area contributed by atoms with Crippen molar-refractivity contribution in [2.75, 3.05) is 0 Å². The Bertz CT molecular complexity index is 2940. The Morgan fingerprint density at radius 3 is 2.10 bits per heavy atom. The molecule has 0 radical (unpaired) electrons. The molecule has 0 saturated carbocycles. The molecule has 244 valence electrons. The lowest BCUT2D eigenvalue weighted by atomic mass is 9.82. The molecule has 0 aliphatic heterocycles. The number of hydrogen-bond acceptors (Lipinski definition) is 2. The average molecular weight is 664 g/mol. The first-order valence-corrected chi connectivity index (χ1v) is 17.8. The number of para-hydroxylation sites is 2. The topological polar surface area (TPSA) is 41.6 Å². The summed E-state index contributed by atoms with van der Waals surface area (Å²) in [5.74, 6) is 0. The van der Waals surface area contributed by atoms with Gasteiger partial charge in [-0.15, -0.1) is 0 Å². The predicted octanol–water partition coefficient (Wildman–Crippen LogP) is 12.5. The Morgan fingerprint density at radius 1 is 0.500 bits per heavy atom. The summed E-state index contributed by atoms with van der Waals surface area (Å²) < 4.78 is 2.42. The van der Waals surface area contributed by atoms with Gasteiger partial charge in [0.2, 0.25) is 0 Å². The third-order valence-corrected chi connectivity index (χ3v) is 11.0. The van der Waals surface area contributed by atoms with E-state index in [0.717, 1.165) is 55.6 Å². The van der Waals surface area contributed by atoms with Crippen molar-refractivity contribution >= 4 is 32.7 Å². The molecular formula is C49H33N3. The quantitative estimate of drug-likeness (QED) is 0.188. The first-order chi connectivity index (χ1) is 25.5. The van der Waals surface area contributed by atoms with Crippen molar-refractivity contribution < 1.29 is 0 Å². The molecule has 0 fully saturated rings. The molecule has 0 atom stereocenters.